The Morgan fingerprint density at radius 3 is 2.64 bits per heavy atom. The van der Waals surface area contributed by atoms with Gasteiger partial charge in [-0.2, -0.15) is 18.3 Å². The standard InChI is InChI=1S/C18H24F3N3O/c1-10(14-7-11-2-3-13(14)6-11)22-17(25)9-24-15(12-4-5-12)8-16(23-24)18(19,20)21/h8,10-14H,2-7,9H2,1H3,(H,22,25)/t10-,11+,13+,14-/m0/s1. The maximum atomic E-state index is 12.9. The molecular weight excluding hydrogens is 331 g/mol. The molecule has 0 saturated heterocycles. The second-order valence-electron chi connectivity index (χ2n) is 8.08. The number of rotatable bonds is 5. The molecule has 1 N–H and O–H groups in total. The zero-order chi connectivity index (χ0) is 17.8. The minimum Gasteiger partial charge on any atom is -0.352 e. The van der Waals surface area contributed by atoms with Crippen LogP contribution in [0.1, 0.15) is 62.8 Å². The third-order valence-corrected chi connectivity index (χ3v) is 6.21. The summed E-state index contributed by atoms with van der Waals surface area (Å²) in [4.78, 5) is 12.4. The van der Waals surface area contributed by atoms with Gasteiger partial charge in [0.05, 0.1) is 0 Å². The van der Waals surface area contributed by atoms with E-state index in [4.69, 9.17) is 0 Å². The zero-order valence-corrected chi connectivity index (χ0v) is 14.4. The molecule has 4 atom stereocenters. The van der Waals surface area contributed by atoms with E-state index in [9.17, 15) is 18.0 Å². The lowest BCUT2D eigenvalue weighted by molar-refractivity contribution is -0.141. The molecule has 3 fully saturated rings. The van der Waals surface area contributed by atoms with E-state index in [2.05, 4.69) is 10.4 Å². The summed E-state index contributed by atoms with van der Waals surface area (Å²) < 4.78 is 40.0. The van der Waals surface area contributed by atoms with E-state index in [-0.39, 0.29) is 24.4 Å². The summed E-state index contributed by atoms with van der Waals surface area (Å²) >= 11 is 0. The topological polar surface area (TPSA) is 46.9 Å². The molecule has 0 spiro atoms. The molecule has 4 rings (SSSR count). The fraction of sp³-hybridized carbons (Fsp3) is 0.778. The third-order valence-electron chi connectivity index (χ3n) is 6.21. The molecule has 0 radical (unpaired) electrons. The van der Waals surface area contributed by atoms with E-state index >= 15 is 0 Å². The van der Waals surface area contributed by atoms with Crippen molar-refractivity contribution in [3.63, 3.8) is 0 Å². The number of aromatic nitrogens is 2. The largest absolute Gasteiger partial charge is 0.435 e. The molecule has 1 heterocycles. The quantitative estimate of drug-likeness (QED) is 0.875. The Hall–Kier alpha value is -1.53. The Morgan fingerprint density at radius 2 is 2.08 bits per heavy atom. The fourth-order valence-electron chi connectivity index (χ4n) is 4.85. The average molecular weight is 355 g/mol. The van der Waals surface area contributed by atoms with Crippen molar-refractivity contribution in [3.05, 3.63) is 17.5 Å². The smallest absolute Gasteiger partial charge is 0.352 e. The van der Waals surface area contributed by atoms with Crippen LogP contribution in [0.25, 0.3) is 0 Å². The van der Waals surface area contributed by atoms with Crippen LogP contribution in [0.2, 0.25) is 0 Å². The van der Waals surface area contributed by atoms with Gasteiger partial charge in [0, 0.05) is 17.7 Å². The van der Waals surface area contributed by atoms with Crippen molar-refractivity contribution in [2.45, 2.75) is 70.1 Å². The van der Waals surface area contributed by atoms with Crippen LogP contribution in [-0.4, -0.2) is 21.7 Å². The van der Waals surface area contributed by atoms with E-state index in [1.165, 1.54) is 30.4 Å². The monoisotopic (exact) mass is 355 g/mol. The Balaban J connectivity index is 1.41. The molecule has 1 aromatic rings. The summed E-state index contributed by atoms with van der Waals surface area (Å²) in [5.74, 6) is 1.88. The summed E-state index contributed by atoms with van der Waals surface area (Å²) in [5.41, 5.74) is -0.363. The molecule has 4 nitrogen and oxygen atoms in total. The van der Waals surface area contributed by atoms with Crippen LogP contribution in [0, 0.1) is 17.8 Å². The number of alkyl halides is 3. The van der Waals surface area contributed by atoms with E-state index in [1.54, 1.807) is 0 Å². The van der Waals surface area contributed by atoms with Crippen LogP contribution in [0.3, 0.4) is 0 Å². The number of nitrogens with zero attached hydrogens (tertiary/aromatic N) is 2. The fourth-order valence-corrected chi connectivity index (χ4v) is 4.85. The molecule has 3 saturated carbocycles. The zero-order valence-electron chi connectivity index (χ0n) is 14.4. The molecule has 0 aromatic carbocycles. The van der Waals surface area contributed by atoms with Gasteiger partial charge in [-0.1, -0.05) is 6.42 Å². The number of amides is 1. The van der Waals surface area contributed by atoms with Crippen LogP contribution in [0.5, 0.6) is 0 Å². The summed E-state index contributed by atoms with van der Waals surface area (Å²) in [7, 11) is 0. The minimum atomic E-state index is -4.47. The third kappa shape index (κ3) is 3.42. The van der Waals surface area contributed by atoms with Crippen LogP contribution >= 0.6 is 0 Å². The normalized spacial score (nSPS) is 29.8. The van der Waals surface area contributed by atoms with Crippen molar-refractivity contribution in [2.75, 3.05) is 0 Å². The summed E-state index contributed by atoms with van der Waals surface area (Å²) in [6.45, 7) is 1.89. The molecule has 3 aliphatic rings. The number of hydrogen-bond donors (Lipinski definition) is 1. The van der Waals surface area contributed by atoms with Gasteiger partial charge in [0.25, 0.3) is 0 Å². The summed E-state index contributed by atoms with van der Waals surface area (Å²) in [6.07, 6.45) is 2.25. The first-order chi connectivity index (χ1) is 11.8. The molecule has 7 heteroatoms. The number of halogens is 3. The van der Waals surface area contributed by atoms with Crippen molar-refractivity contribution in [1.82, 2.24) is 15.1 Å². The molecule has 3 aliphatic carbocycles. The summed E-state index contributed by atoms with van der Waals surface area (Å²) in [6, 6.07) is 1.18. The van der Waals surface area contributed by atoms with Gasteiger partial charge in [0.15, 0.2) is 5.69 Å². The van der Waals surface area contributed by atoms with Gasteiger partial charge >= 0.3 is 6.18 Å². The Labute approximate surface area is 145 Å². The second kappa shape index (κ2) is 6.02. The lowest BCUT2D eigenvalue weighted by Crippen LogP contribution is -2.41. The number of hydrogen-bond acceptors (Lipinski definition) is 2. The van der Waals surface area contributed by atoms with Gasteiger partial charge in [0.1, 0.15) is 6.54 Å². The molecule has 138 valence electrons. The molecule has 1 amide bonds. The maximum absolute atomic E-state index is 12.9. The van der Waals surface area contributed by atoms with E-state index in [0.717, 1.165) is 24.8 Å². The predicted octanol–water partition coefficient (Wildman–Crippen LogP) is 3.72. The Morgan fingerprint density at radius 1 is 1.32 bits per heavy atom. The maximum Gasteiger partial charge on any atom is 0.435 e. The van der Waals surface area contributed by atoms with Gasteiger partial charge in [-0.3, -0.25) is 9.48 Å². The molecule has 1 aromatic heterocycles. The van der Waals surface area contributed by atoms with Gasteiger partial charge in [0.2, 0.25) is 5.91 Å². The highest BCUT2D eigenvalue weighted by Gasteiger charge is 2.42. The lowest BCUT2D eigenvalue weighted by atomic mass is 9.84. The Kier molecular flexibility index (Phi) is 4.07. The van der Waals surface area contributed by atoms with Crippen LogP contribution < -0.4 is 5.32 Å². The van der Waals surface area contributed by atoms with Gasteiger partial charge < -0.3 is 5.32 Å². The van der Waals surface area contributed by atoms with Gasteiger partial charge in [-0.25, -0.2) is 0 Å². The number of nitrogens with one attached hydrogen (secondary N) is 1. The predicted molar refractivity (Wildman–Crippen MR) is 85.7 cm³/mol. The Bertz CT molecular complexity index is 665. The molecule has 25 heavy (non-hydrogen) atoms. The van der Waals surface area contributed by atoms with Crippen molar-refractivity contribution in [2.24, 2.45) is 17.8 Å². The SMILES string of the molecule is C[C@H](NC(=O)Cn1nc(C(F)(F)F)cc1C1CC1)[C@@H]1C[C@@H]2CC[C@@H]1C2. The molecular formula is C18H24F3N3O. The lowest BCUT2D eigenvalue weighted by Gasteiger charge is -2.28. The highest BCUT2D eigenvalue weighted by molar-refractivity contribution is 5.76. The highest BCUT2D eigenvalue weighted by Crippen LogP contribution is 2.49. The van der Waals surface area contributed by atoms with Crippen LogP contribution in [-0.2, 0) is 17.5 Å². The summed E-state index contributed by atoms with van der Waals surface area (Å²) in [5, 5.41) is 6.67. The van der Waals surface area contributed by atoms with Crippen molar-refractivity contribution in [1.29, 1.82) is 0 Å². The first kappa shape index (κ1) is 16.9. The number of fused-ring (bicyclic) bond motifs is 2. The first-order valence-electron chi connectivity index (χ1n) is 9.25. The second-order valence-corrected chi connectivity index (χ2v) is 8.08. The van der Waals surface area contributed by atoms with E-state index in [0.29, 0.717) is 17.5 Å². The molecule has 0 aliphatic heterocycles. The van der Waals surface area contributed by atoms with E-state index < -0.39 is 11.9 Å². The van der Waals surface area contributed by atoms with Gasteiger partial charge in [-0.15, -0.1) is 0 Å². The van der Waals surface area contributed by atoms with Crippen LogP contribution in [0.4, 0.5) is 13.2 Å². The first-order valence-corrected chi connectivity index (χ1v) is 9.25. The van der Waals surface area contributed by atoms with Gasteiger partial charge in [-0.05, 0) is 62.8 Å². The molecule has 0 unspecified atom stereocenters. The van der Waals surface area contributed by atoms with E-state index in [1.807, 2.05) is 6.92 Å². The number of carbonyl (C=O) groups is 1. The molecule has 2 bridgehead atoms. The minimum absolute atomic E-state index is 0.0739. The van der Waals surface area contributed by atoms with Crippen molar-refractivity contribution in [3.8, 4) is 0 Å². The van der Waals surface area contributed by atoms with Crippen molar-refractivity contribution >= 4 is 5.91 Å². The number of carbonyl (C=O) groups excluding carboxylic acids is 1. The average Bonchev–Trinajstić information content (AvgIpc) is 2.96. The van der Waals surface area contributed by atoms with Crippen LogP contribution in [0.15, 0.2) is 6.07 Å². The van der Waals surface area contributed by atoms with Crippen molar-refractivity contribution < 1.29 is 18.0 Å². The highest BCUT2D eigenvalue weighted by atomic mass is 19.4.